The summed E-state index contributed by atoms with van der Waals surface area (Å²) in [5, 5.41) is 11.7. The Morgan fingerprint density at radius 3 is 1.39 bits per heavy atom. The number of hydrogen-bond donors (Lipinski definition) is 0. The van der Waals surface area contributed by atoms with E-state index in [-0.39, 0.29) is 0 Å². The first kappa shape index (κ1) is 34.9. The summed E-state index contributed by atoms with van der Waals surface area (Å²) in [6.07, 6.45) is 0. The van der Waals surface area contributed by atoms with E-state index in [4.69, 9.17) is 4.42 Å². The Kier molecular flexibility index (Phi) is 8.17. The fraction of sp³-hybridized carbons (Fsp3) is 0. The van der Waals surface area contributed by atoms with Gasteiger partial charge < -0.3 is 14.2 Å². The Hall–Kier alpha value is -8.14. The first-order chi connectivity index (χ1) is 30.3. The van der Waals surface area contributed by atoms with Crippen LogP contribution in [-0.4, -0.2) is 0 Å². The van der Waals surface area contributed by atoms with Crippen LogP contribution in [0.25, 0.3) is 76.2 Å². The van der Waals surface area contributed by atoms with Crippen LogP contribution in [0.5, 0.6) is 0 Å². The van der Waals surface area contributed by atoms with Crippen molar-refractivity contribution in [2.24, 2.45) is 0 Å². The fourth-order valence-corrected chi connectivity index (χ4v) is 9.38. The highest BCUT2D eigenvalue weighted by atomic mass is 16.3. The van der Waals surface area contributed by atoms with Gasteiger partial charge in [0.1, 0.15) is 11.2 Å². The van der Waals surface area contributed by atoms with E-state index in [2.05, 4.69) is 240 Å². The first-order valence-electron chi connectivity index (χ1n) is 20.8. The van der Waals surface area contributed by atoms with E-state index in [1.165, 1.54) is 32.3 Å². The lowest BCUT2D eigenvalue weighted by atomic mass is 9.95. The van der Waals surface area contributed by atoms with Crippen LogP contribution in [0.15, 0.2) is 235 Å². The maximum absolute atomic E-state index is 6.96. The maximum Gasteiger partial charge on any atom is 0.143 e. The van der Waals surface area contributed by atoms with Gasteiger partial charge in [0.2, 0.25) is 0 Å². The van der Waals surface area contributed by atoms with Crippen LogP contribution in [0.2, 0.25) is 0 Å². The summed E-state index contributed by atoms with van der Waals surface area (Å²) in [5.74, 6) is 0. The average Bonchev–Trinajstić information content (AvgIpc) is 3.72. The minimum absolute atomic E-state index is 0.877. The topological polar surface area (TPSA) is 19.6 Å². The monoisotopic (exact) mass is 778 g/mol. The molecule has 0 fully saturated rings. The van der Waals surface area contributed by atoms with Gasteiger partial charge in [0.15, 0.2) is 0 Å². The van der Waals surface area contributed by atoms with Crippen molar-refractivity contribution in [3.05, 3.63) is 231 Å². The van der Waals surface area contributed by atoms with Gasteiger partial charge in [0.25, 0.3) is 0 Å². The highest BCUT2D eigenvalue weighted by molar-refractivity contribution is 6.30. The summed E-state index contributed by atoms with van der Waals surface area (Å²) in [7, 11) is 0. The molecule has 0 amide bonds. The number of rotatable bonds is 7. The third-order valence-electron chi connectivity index (χ3n) is 12.2. The molecule has 0 aliphatic carbocycles. The van der Waals surface area contributed by atoms with Crippen LogP contribution in [0, 0.1) is 0 Å². The molecule has 0 saturated heterocycles. The SMILES string of the molecule is c1ccc(N(c2ccc(-c3ccc4c(c3)oc3c5ccc(N(c6ccccc6)c6cccc7ccccc67)cc5c5ccccc5c43)cc2)c2cccc3ccccc23)cc1. The molecule has 0 atom stereocenters. The molecule has 0 unspecified atom stereocenters. The fourth-order valence-electron chi connectivity index (χ4n) is 9.38. The Morgan fingerprint density at radius 2 is 0.754 bits per heavy atom. The van der Waals surface area contributed by atoms with Crippen LogP contribution in [0.3, 0.4) is 0 Å². The Morgan fingerprint density at radius 1 is 0.279 bits per heavy atom. The predicted molar refractivity (Wildman–Crippen MR) is 259 cm³/mol. The van der Waals surface area contributed by atoms with Crippen molar-refractivity contribution in [1.29, 1.82) is 0 Å². The molecule has 12 aromatic rings. The van der Waals surface area contributed by atoms with Gasteiger partial charge in [0, 0.05) is 49.7 Å². The van der Waals surface area contributed by atoms with Gasteiger partial charge in [-0.2, -0.15) is 0 Å². The summed E-state index contributed by atoms with van der Waals surface area (Å²) >= 11 is 0. The second-order valence-electron chi connectivity index (χ2n) is 15.7. The normalized spacial score (nSPS) is 11.6. The first-order valence-corrected chi connectivity index (χ1v) is 20.8. The average molecular weight is 779 g/mol. The molecular formula is C58H38N2O. The summed E-state index contributed by atoms with van der Waals surface area (Å²) < 4.78 is 6.96. The largest absolute Gasteiger partial charge is 0.455 e. The zero-order chi connectivity index (χ0) is 40.3. The zero-order valence-electron chi connectivity index (χ0n) is 33.2. The van der Waals surface area contributed by atoms with Gasteiger partial charge in [-0.15, -0.1) is 0 Å². The number of anilines is 6. The molecule has 286 valence electrons. The quantitative estimate of drug-likeness (QED) is 0.150. The van der Waals surface area contributed by atoms with Crippen molar-refractivity contribution in [2.45, 2.75) is 0 Å². The number of fused-ring (bicyclic) bond motifs is 10. The minimum Gasteiger partial charge on any atom is -0.455 e. The molecular weight excluding hydrogens is 741 g/mol. The van der Waals surface area contributed by atoms with Gasteiger partial charge in [-0.05, 0) is 117 Å². The molecule has 0 radical (unpaired) electrons. The van der Waals surface area contributed by atoms with E-state index >= 15 is 0 Å². The molecule has 0 aliphatic rings. The highest BCUT2D eigenvalue weighted by Gasteiger charge is 2.21. The van der Waals surface area contributed by atoms with Gasteiger partial charge in [-0.3, -0.25) is 0 Å². The van der Waals surface area contributed by atoms with Crippen LogP contribution in [0.4, 0.5) is 34.1 Å². The summed E-state index contributed by atoms with van der Waals surface area (Å²) in [6, 6.07) is 82.7. The highest BCUT2D eigenvalue weighted by Crippen LogP contribution is 2.46. The van der Waals surface area contributed by atoms with E-state index in [9.17, 15) is 0 Å². The minimum atomic E-state index is 0.877. The molecule has 61 heavy (non-hydrogen) atoms. The van der Waals surface area contributed by atoms with Crippen molar-refractivity contribution in [2.75, 3.05) is 9.80 Å². The van der Waals surface area contributed by atoms with Crippen molar-refractivity contribution >= 4 is 99.2 Å². The lowest BCUT2D eigenvalue weighted by molar-refractivity contribution is 0.673. The molecule has 1 aromatic heterocycles. The molecule has 0 bridgehead atoms. The third kappa shape index (κ3) is 5.82. The molecule has 1 heterocycles. The summed E-state index contributed by atoms with van der Waals surface area (Å²) in [6.45, 7) is 0. The lowest BCUT2D eigenvalue weighted by Crippen LogP contribution is -2.10. The lowest BCUT2D eigenvalue weighted by Gasteiger charge is -2.27. The number of para-hydroxylation sites is 2. The number of benzene rings is 11. The maximum atomic E-state index is 6.96. The Bertz CT molecular complexity index is 3580. The molecule has 11 aromatic carbocycles. The van der Waals surface area contributed by atoms with Gasteiger partial charge in [-0.25, -0.2) is 0 Å². The Balaban J connectivity index is 0.981. The molecule has 3 nitrogen and oxygen atoms in total. The van der Waals surface area contributed by atoms with Crippen LogP contribution in [-0.2, 0) is 0 Å². The molecule has 0 saturated carbocycles. The van der Waals surface area contributed by atoms with Crippen LogP contribution in [0.1, 0.15) is 0 Å². The second-order valence-corrected chi connectivity index (χ2v) is 15.7. The van der Waals surface area contributed by atoms with Crippen molar-refractivity contribution in [3.8, 4) is 11.1 Å². The van der Waals surface area contributed by atoms with Crippen molar-refractivity contribution in [3.63, 3.8) is 0 Å². The number of hydrogen-bond acceptors (Lipinski definition) is 3. The number of nitrogens with zero attached hydrogens (tertiary/aromatic N) is 2. The van der Waals surface area contributed by atoms with E-state index < -0.39 is 0 Å². The Labute approximate surface area is 353 Å². The van der Waals surface area contributed by atoms with Gasteiger partial charge in [0.05, 0.1) is 11.4 Å². The number of furan rings is 1. The van der Waals surface area contributed by atoms with Crippen molar-refractivity contribution in [1.82, 2.24) is 0 Å². The third-order valence-corrected chi connectivity index (χ3v) is 12.2. The van der Waals surface area contributed by atoms with E-state index in [0.717, 1.165) is 78.0 Å². The smallest absolute Gasteiger partial charge is 0.143 e. The molecule has 0 spiro atoms. The second kappa shape index (κ2) is 14.3. The molecule has 0 N–H and O–H groups in total. The van der Waals surface area contributed by atoms with Gasteiger partial charge in [-0.1, -0.05) is 152 Å². The van der Waals surface area contributed by atoms with Gasteiger partial charge >= 0.3 is 0 Å². The van der Waals surface area contributed by atoms with Crippen LogP contribution < -0.4 is 9.80 Å². The molecule has 0 aliphatic heterocycles. The molecule has 12 rings (SSSR count). The van der Waals surface area contributed by atoms with Crippen LogP contribution >= 0.6 is 0 Å². The van der Waals surface area contributed by atoms with E-state index in [1.807, 2.05) is 0 Å². The van der Waals surface area contributed by atoms with E-state index in [1.54, 1.807) is 0 Å². The zero-order valence-corrected chi connectivity index (χ0v) is 33.2. The van der Waals surface area contributed by atoms with Crippen molar-refractivity contribution < 1.29 is 4.42 Å². The predicted octanol–water partition coefficient (Wildman–Crippen LogP) is 16.8. The summed E-state index contributed by atoms with van der Waals surface area (Å²) in [5.41, 5.74) is 10.7. The van der Waals surface area contributed by atoms with E-state index in [0.29, 0.717) is 0 Å². The molecule has 3 heteroatoms. The standard InChI is InChI=1S/C58H38N2O/c1-3-19-43(20-4-1)59(54-27-13-17-40-15-7-9-23-47(40)54)45-32-29-39(30-33-45)42-31-35-52-56(37-42)61-58-51-36-34-46(38-53(51)49-25-11-12-26-50(49)57(52)58)60(44-21-5-2-6-22-44)55-28-14-18-41-16-8-10-24-48(41)55/h1-38H. The summed E-state index contributed by atoms with van der Waals surface area (Å²) in [4.78, 5) is 4.72.